The Bertz CT molecular complexity index is 1220. The summed E-state index contributed by atoms with van der Waals surface area (Å²) in [6.07, 6.45) is 6.60. The van der Waals surface area contributed by atoms with Crippen molar-refractivity contribution in [1.29, 1.82) is 0 Å². The van der Waals surface area contributed by atoms with Gasteiger partial charge in [-0.15, -0.1) is 0 Å². The van der Waals surface area contributed by atoms with E-state index in [4.69, 9.17) is 0 Å². The molecule has 7 nitrogen and oxygen atoms in total. The minimum atomic E-state index is -3.75. The van der Waals surface area contributed by atoms with Crippen molar-refractivity contribution in [2.45, 2.75) is 35.7 Å². The summed E-state index contributed by atoms with van der Waals surface area (Å²) in [6.45, 7) is 1.60. The summed E-state index contributed by atoms with van der Waals surface area (Å²) in [7, 11) is -3.75. The molecule has 0 spiro atoms. The van der Waals surface area contributed by atoms with Gasteiger partial charge in [0.05, 0.1) is 11.5 Å². The Balaban J connectivity index is 1.42. The van der Waals surface area contributed by atoms with E-state index in [2.05, 4.69) is 14.9 Å². The molecule has 2 fully saturated rings. The molecule has 178 valence electrons. The Morgan fingerprint density at radius 1 is 0.941 bits per heavy atom. The molecule has 0 saturated carbocycles. The van der Waals surface area contributed by atoms with E-state index < -0.39 is 15.8 Å². The lowest BCUT2D eigenvalue weighted by Crippen LogP contribution is -2.67. The van der Waals surface area contributed by atoms with Gasteiger partial charge in [-0.3, -0.25) is 4.90 Å². The largest absolute Gasteiger partial charge is 0.395 e. The van der Waals surface area contributed by atoms with Crippen LogP contribution in [0, 0.1) is 5.82 Å². The average Bonchev–Trinajstić information content (AvgIpc) is 2.84. The number of fused-ring (bicyclic) bond motifs is 1. The maximum Gasteiger partial charge on any atom is 0.243 e. The first kappa shape index (κ1) is 23.0. The van der Waals surface area contributed by atoms with Crippen molar-refractivity contribution in [2.24, 2.45) is 0 Å². The predicted octanol–water partition coefficient (Wildman–Crippen LogP) is 2.90. The van der Waals surface area contributed by atoms with Crippen molar-refractivity contribution in [1.82, 2.24) is 19.2 Å². The summed E-state index contributed by atoms with van der Waals surface area (Å²) in [4.78, 5) is 10.5. The summed E-state index contributed by atoms with van der Waals surface area (Å²) in [6, 6.07) is 13.0. The van der Waals surface area contributed by atoms with E-state index in [1.807, 2.05) is 24.3 Å². The first-order valence-corrected chi connectivity index (χ1v) is 12.9. The summed E-state index contributed by atoms with van der Waals surface area (Å²) in [5.41, 5.74) is 2.99. The highest BCUT2D eigenvalue weighted by Gasteiger charge is 2.50. The van der Waals surface area contributed by atoms with Crippen LogP contribution in [-0.2, 0) is 10.0 Å². The van der Waals surface area contributed by atoms with Crippen LogP contribution in [0.25, 0.3) is 11.1 Å². The number of aliphatic hydroxyl groups excluding tert-OH is 1. The zero-order chi connectivity index (χ0) is 23.7. The Labute approximate surface area is 198 Å². The fourth-order valence-corrected chi connectivity index (χ4v) is 6.73. The zero-order valence-electron chi connectivity index (χ0n) is 18.7. The third-order valence-corrected chi connectivity index (χ3v) is 8.85. The highest BCUT2D eigenvalue weighted by atomic mass is 32.2. The van der Waals surface area contributed by atoms with Crippen LogP contribution < -0.4 is 0 Å². The van der Waals surface area contributed by atoms with E-state index in [-0.39, 0.29) is 29.5 Å². The normalized spacial score (nSPS) is 24.0. The van der Waals surface area contributed by atoms with E-state index in [9.17, 15) is 17.9 Å². The van der Waals surface area contributed by atoms with Crippen LogP contribution in [0.15, 0.2) is 72.1 Å². The third kappa shape index (κ3) is 4.24. The minimum absolute atomic E-state index is 0.00934. The van der Waals surface area contributed by atoms with Crippen molar-refractivity contribution in [2.75, 3.05) is 26.2 Å². The van der Waals surface area contributed by atoms with Gasteiger partial charge in [0.1, 0.15) is 12.1 Å². The molecule has 0 radical (unpaired) electrons. The standard InChI is InChI=1S/C25H27FN4O3S/c26-21-7-9-22(10-8-21)34(32,33)29-11-1-2-12-30-23(15-29)25(24(30)16-31)19-5-3-18(4-6-19)20-13-27-17-28-14-20/h3-10,13-14,17,23-25,31H,1-2,11-12,15-16H2/t23-,24-,25+/m0/s1. The number of hydrogen-bond acceptors (Lipinski definition) is 6. The van der Waals surface area contributed by atoms with Gasteiger partial charge in [0.25, 0.3) is 0 Å². The lowest BCUT2D eigenvalue weighted by Gasteiger charge is -2.57. The predicted molar refractivity (Wildman–Crippen MR) is 126 cm³/mol. The van der Waals surface area contributed by atoms with Crippen LogP contribution in [0.1, 0.15) is 24.3 Å². The van der Waals surface area contributed by atoms with Gasteiger partial charge in [0.15, 0.2) is 0 Å². The summed E-state index contributed by atoms with van der Waals surface area (Å²) in [5, 5.41) is 10.2. The number of sulfonamides is 1. The quantitative estimate of drug-likeness (QED) is 0.602. The molecule has 2 aliphatic heterocycles. The first-order chi connectivity index (χ1) is 16.5. The fourth-order valence-electron chi connectivity index (χ4n) is 5.23. The second-order valence-corrected chi connectivity index (χ2v) is 10.8. The SMILES string of the molecule is O=S(=O)(c1ccc(F)cc1)N1CCCCN2[C@@H](CO)[C@H](c3ccc(-c4cncnc4)cc3)[C@@H]2C1. The number of rotatable bonds is 5. The van der Waals surface area contributed by atoms with Crippen LogP contribution in [0.3, 0.4) is 0 Å². The van der Waals surface area contributed by atoms with Gasteiger partial charge < -0.3 is 5.11 Å². The van der Waals surface area contributed by atoms with Gasteiger partial charge in [-0.1, -0.05) is 24.3 Å². The van der Waals surface area contributed by atoms with Crippen LogP contribution >= 0.6 is 0 Å². The molecule has 0 aliphatic carbocycles. The number of aliphatic hydroxyl groups is 1. The molecule has 2 aliphatic rings. The monoisotopic (exact) mass is 482 g/mol. The molecule has 0 bridgehead atoms. The third-order valence-electron chi connectivity index (χ3n) is 6.97. The second kappa shape index (κ2) is 9.50. The smallest absolute Gasteiger partial charge is 0.243 e. The summed E-state index contributed by atoms with van der Waals surface area (Å²) < 4.78 is 41.6. The zero-order valence-corrected chi connectivity index (χ0v) is 19.5. The van der Waals surface area contributed by atoms with E-state index >= 15 is 0 Å². The van der Waals surface area contributed by atoms with Crippen LogP contribution in [-0.4, -0.2) is 71.0 Å². The first-order valence-electron chi connectivity index (χ1n) is 11.5. The maximum atomic E-state index is 13.4. The molecular weight excluding hydrogens is 455 g/mol. The van der Waals surface area contributed by atoms with E-state index in [1.54, 1.807) is 12.4 Å². The van der Waals surface area contributed by atoms with Gasteiger partial charge in [-0.25, -0.2) is 22.8 Å². The summed E-state index contributed by atoms with van der Waals surface area (Å²) in [5.74, 6) is -0.455. The van der Waals surface area contributed by atoms with Gasteiger partial charge in [-0.2, -0.15) is 4.31 Å². The molecule has 9 heteroatoms. The molecule has 3 aromatic rings. The molecule has 34 heavy (non-hydrogen) atoms. The van der Waals surface area contributed by atoms with E-state index in [0.29, 0.717) is 13.1 Å². The van der Waals surface area contributed by atoms with Crippen molar-refractivity contribution < 1.29 is 17.9 Å². The van der Waals surface area contributed by atoms with Crippen LogP contribution in [0.4, 0.5) is 4.39 Å². The molecule has 0 amide bonds. The maximum absolute atomic E-state index is 13.4. The highest BCUT2D eigenvalue weighted by molar-refractivity contribution is 7.89. The molecule has 3 atom stereocenters. The van der Waals surface area contributed by atoms with Crippen molar-refractivity contribution in [3.8, 4) is 11.1 Å². The fraction of sp³-hybridized carbons (Fsp3) is 0.360. The van der Waals surface area contributed by atoms with Crippen molar-refractivity contribution >= 4 is 10.0 Å². The molecule has 5 rings (SSSR count). The Hall–Kier alpha value is -2.72. The number of hydrogen-bond donors (Lipinski definition) is 1. The minimum Gasteiger partial charge on any atom is -0.395 e. The molecule has 2 aromatic carbocycles. The molecule has 1 aromatic heterocycles. The number of halogens is 1. The van der Waals surface area contributed by atoms with Gasteiger partial charge >= 0.3 is 0 Å². The number of benzene rings is 2. The number of nitrogens with zero attached hydrogens (tertiary/aromatic N) is 4. The Morgan fingerprint density at radius 3 is 2.29 bits per heavy atom. The highest BCUT2D eigenvalue weighted by Crippen LogP contribution is 2.43. The lowest BCUT2D eigenvalue weighted by molar-refractivity contribution is -0.0553. The molecule has 1 N–H and O–H groups in total. The van der Waals surface area contributed by atoms with E-state index in [1.165, 1.54) is 34.9 Å². The summed E-state index contributed by atoms with van der Waals surface area (Å²) >= 11 is 0. The van der Waals surface area contributed by atoms with Crippen LogP contribution in [0.5, 0.6) is 0 Å². The Morgan fingerprint density at radius 2 is 1.62 bits per heavy atom. The molecule has 3 heterocycles. The van der Waals surface area contributed by atoms with Gasteiger partial charge in [0, 0.05) is 49.0 Å². The van der Waals surface area contributed by atoms with E-state index in [0.717, 1.165) is 36.1 Å². The Kier molecular flexibility index (Phi) is 6.44. The van der Waals surface area contributed by atoms with Gasteiger partial charge in [0.2, 0.25) is 10.0 Å². The second-order valence-electron chi connectivity index (χ2n) is 8.85. The molecule has 2 saturated heterocycles. The molecular formula is C25H27FN4O3S. The average molecular weight is 483 g/mol. The van der Waals surface area contributed by atoms with Crippen molar-refractivity contribution in [3.05, 3.63) is 78.6 Å². The topological polar surface area (TPSA) is 86.6 Å². The van der Waals surface area contributed by atoms with Crippen molar-refractivity contribution in [3.63, 3.8) is 0 Å². The lowest BCUT2D eigenvalue weighted by atomic mass is 9.74. The van der Waals surface area contributed by atoms with Gasteiger partial charge in [-0.05, 0) is 54.8 Å². The molecule has 0 unspecified atom stereocenters. The number of aromatic nitrogens is 2. The van der Waals surface area contributed by atoms with Crippen LogP contribution in [0.2, 0.25) is 0 Å².